The Morgan fingerprint density at radius 1 is 0.930 bits per heavy atom. The van der Waals surface area contributed by atoms with E-state index in [1.54, 1.807) is 30.5 Å². The zero-order valence-corrected chi connectivity index (χ0v) is 24.9. The van der Waals surface area contributed by atoms with Crippen molar-refractivity contribution in [3.05, 3.63) is 83.4 Å². The second-order valence-corrected chi connectivity index (χ2v) is 13.2. The van der Waals surface area contributed by atoms with Crippen LogP contribution >= 0.6 is 11.3 Å². The highest BCUT2D eigenvalue weighted by molar-refractivity contribution is 7.91. The number of thiazole rings is 1. The summed E-state index contributed by atoms with van der Waals surface area (Å²) in [6, 6.07) is 19.8. The Balaban J connectivity index is 1.23. The molecule has 4 aromatic rings. The molecule has 224 valence electrons. The number of urea groups is 1. The molecule has 2 aromatic carbocycles. The number of sulfone groups is 1. The molecule has 14 heteroatoms. The van der Waals surface area contributed by atoms with Crippen molar-refractivity contribution < 1.29 is 18.0 Å². The molecular weight excluding hydrogens is 589 g/mol. The van der Waals surface area contributed by atoms with Crippen LogP contribution in [0.5, 0.6) is 0 Å². The standard InChI is InChI=1S/C29H32N8O4S2/c30-24-11-6-20(18-32-24)19-33-29(39)35-23-9-7-21(8-10-23)28-36-26(34-22-4-2-1-3-5-22)25(42-28)27(38)31-12-13-37-14-16-43(40,41)17-15-37/h1-11,18,34H,12-17,19H2,(H2,30,32)(H,31,38)(H2,33,35,39). The van der Waals surface area contributed by atoms with E-state index in [9.17, 15) is 18.0 Å². The Labute approximate surface area is 253 Å². The van der Waals surface area contributed by atoms with Gasteiger partial charge in [0.05, 0.1) is 11.5 Å². The maximum atomic E-state index is 13.2. The van der Waals surface area contributed by atoms with Crippen molar-refractivity contribution >= 4 is 56.1 Å². The Kier molecular flexibility index (Phi) is 9.49. The number of hydrogen-bond donors (Lipinski definition) is 5. The average Bonchev–Trinajstić information content (AvgIpc) is 3.42. The van der Waals surface area contributed by atoms with Crippen molar-refractivity contribution in [2.45, 2.75) is 6.54 Å². The predicted molar refractivity (Wildman–Crippen MR) is 169 cm³/mol. The van der Waals surface area contributed by atoms with Gasteiger partial charge in [0.15, 0.2) is 15.7 Å². The fraction of sp³-hybridized carbons (Fsp3) is 0.241. The van der Waals surface area contributed by atoms with Crippen molar-refractivity contribution in [2.24, 2.45) is 0 Å². The molecule has 0 aliphatic carbocycles. The van der Waals surface area contributed by atoms with Crippen molar-refractivity contribution in [3.8, 4) is 10.6 Å². The van der Waals surface area contributed by atoms with Crippen molar-refractivity contribution in [3.63, 3.8) is 0 Å². The molecule has 0 radical (unpaired) electrons. The number of rotatable bonds is 10. The van der Waals surface area contributed by atoms with Crippen LogP contribution in [-0.2, 0) is 16.4 Å². The van der Waals surface area contributed by atoms with E-state index in [4.69, 9.17) is 10.7 Å². The van der Waals surface area contributed by atoms with Crippen molar-refractivity contribution in [1.82, 2.24) is 25.5 Å². The number of nitrogens with one attached hydrogen (secondary N) is 4. The molecule has 3 amide bonds. The molecule has 5 rings (SSSR count). The summed E-state index contributed by atoms with van der Waals surface area (Å²) in [6.07, 6.45) is 1.61. The van der Waals surface area contributed by atoms with Gasteiger partial charge in [0.1, 0.15) is 15.7 Å². The van der Waals surface area contributed by atoms with Gasteiger partial charge in [-0.1, -0.05) is 24.3 Å². The molecule has 0 bridgehead atoms. The SMILES string of the molecule is Nc1ccc(CNC(=O)Nc2ccc(-c3nc(Nc4ccccc4)c(C(=O)NCCN4CCS(=O)(=O)CC4)s3)cc2)cn1. The second kappa shape index (κ2) is 13.6. The normalized spacial score (nSPS) is 14.5. The molecule has 1 aliphatic rings. The van der Waals surface area contributed by atoms with Gasteiger partial charge in [0.2, 0.25) is 0 Å². The van der Waals surface area contributed by atoms with Crippen LogP contribution in [0.2, 0.25) is 0 Å². The summed E-state index contributed by atoms with van der Waals surface area (Å²) in [6.45, 7) is 2.19. The first-order valence-corrected chi connectivity index (χ1v) is 16.3. The smallest absolute Gasteiger partial charge is 0.319 e. The summed E-state index contributed by atoms with van der Waals surface area (Å²) in [5, 5.41) is 12.4. The molecule has 12 nitrogen and oxygen atoms in total. The van der Waals surface area contributed by atoms with E-state index in [1.165, 1.54) is 11.3 Å². The Morgan fingerprint density at radius 3 is 2.37 bits per heavy atom. The van der Waals surface area contributed by atoms with Crippen molar-refractivity contribution in [2.75, 3.05) is 54.1 Å². The lowest BCUT2D eigenvalue weighted by Gasteiger charge is -2.26. The number of anilines is 4. The quantitative estimate of drug-likeness (QED) is 0.178. The average molecular weight is 621 g/mol. The Hall–Kier alpha value is -4.53. The van der Waals surface area contributed by atoms with E-state index < -0.39 is 9.84 Å². The van der Waals surface area contributed by atoms with Gasteiger partial charge in [0, 0.05) is 55.9 Å². The van der Waals surface area contributed by atoms with Crippen LogP contribution in [0.3, 0.4) is 0 Å². The number of carbonyl (C=O) groups is 2. The summed E-state index contributed by atoms with van der Waals surface area (Å²) in [5.74, 6) is 0.873. The molecule has 2 aromatic heterocycles. The van der Waals surface area contributed by atoms with E-state index >= 15 is 0 Å². The van der Waals surface area contributed by atoms with Crippen LogP contribution in [0.15, 0.2) is 72.9 Å². The van der Waals surface area contributed by atoms with Crippen LogP contribution in [0.4, 0.5) is 27.8 Å². The summed E-state index contributed by atoms with van der Waals surface area (Å²) >= 11 is 1.26. The van der Waals surface area contributed by atoms with E-state index in [1.807, 2.05) is 47.4 Å². The molecule has 43 heavy (non-hydrogen) atoms. The number of nitrogen functional groups attached to an aromatic ring is 1. The van der Waals surface area contributed by atoms with Gasteiger partial charge < -0.3 is 27.0 Å². The highest BCUT2D eigenvalue weighted by Gasteiger charge is 2.23. The molecule has 1 saturated heterocycles. The fourth-order valence-corrected chi connectivity index (χ4v) is 6.54. The largest absolute Gasteiger partial charge is 0.384 e. The number of aromatic nitrogens is 2. The highest BCUT2D eigenvalue weighted by Crippen LogP contribution is 2.33. The molecule has 0 unspecified atom stereocenters. The van der Waals surface area contributed by atoms with Gasteiger partial charge in [-0.15, -0.1) is 11.3 Å². The van der Waals surface area contributed by atoms with Crippen molar-refractivity contribution in [1.29, 1.82) is 0 Å². The number of benzene rings is 2. The molecule has 0 saturated carbocycles. The van der Waals surface area contributed by atoms with Crippen LogP contribution < -0.4 is 27.0 Å². The summed E-state index contributed by atoms with van der Waals surface area (Å²) in [5.41, 5.74) is 8.60. The predicted octanol–water partition coefficient (Wildman–Crippen LogP) is 3.31. The zero-order valence-electron chi connectivity index (χ0n) is 23.2. The first-order valence-electron chi connectivity index (χ1n) is 13.6. The Morgan fingerprint density at radius 2 is 1.67 bits per heavy atom. The fourth-order valence-electron chi connectivity index (χ4n) is 4.32. The third kappa shape index (κ3) is 8.50. The van der Waals surface area contributed by atoms with E-state index in [2.05, 4.69) is 26.3 Å². The van der Waals surface area contributed by atoms with Gasteiger partial charge in [-0.2, -0.15) is 0 Å². The highest BCUT2D eigenvalue weighted by atomic mass is 32.2. The van der Waals surface area contributed by atoms with Crippen LogP contribution in [0.25, 0.3) is 10.6 Å². The van der Waals surface area contributed by atoms with Gasteiger partial charge in [-0.3, -0.25) is 9.69 Å². The molecule has 1 aliphatic heterocycles. The van der Waals surface area contributed by atoms with E-state index in [0.29, 0.717) is 59.9 Å². The number of amides is 3. The van der Waals surface area contributed by atoms with E-state index in [-0.39, 0.29) is 23.4 Å². The third-order valence-corrected chi connectivity index (χ3v) is 9.42. The maximum absolute atomic E-state index is 13.2. The number of carbonyl (C=O) groups excluding carboxylic acids is 2. The Bertz CT molecular complexity index is 1650. The molecular formula is C29H32N8O4S2. The van der Waals surface area contributed by atoms with Crippen LogP contribution in [-0.4, -0.2) is 72.9 Å². The lowest BCUT2D eigenvalue weighted by atomic mass is 10.2. The molecule has 0 spiro atoms. The third-order valence-electron chi connectivity index (χ3n) is 6.71. The minimum atomic E-state index is -2.96. The first-order chi connectivity index (χ1) is 20.7. The van der Waals surface area contributed by atoms with E-state index in [0.717, 1.165) is 16.8 Å². The summed E-state index contributed by atoms with van der Waals surface area (Å²) in [7, 11) is -2.96. The maximum Gasteiger partial charge on any atom is 0.319 e. The second-order valence-electron chi connectivity index (χ2n) is 9.91. The van der Waals surface area contributed by atoms with Crippen LogP contribution in [0.1, 0.15) is 15.2 Å². The first kappa shape index (κ1) is 29.9. The number of nitrogens with two attached hydrogens (primary N) is 1. The number of pyridine rings is 1. The minimum absolute atomic E-state index is 0.143. The number of hydrogen-bond acceptors (Lipinski definition) is 10. The minimum Gasteiger partial charge on any atom is -0.384 e. The lowest BCUT2D eigenvalue weighted by molar-refractivity contribution is 0.0953. The molecule has 0 atom stereocenters. The molecule has 1 fully saturated rings. The summed E-state index contributed by atoms with van der Waals surface area (Å²) < 4.78 is 23.4. The lowest BCUT2D eigenvalue weighted by Crippen LogP contribution is -2.43. The van der Waals surface area contributed by atoms with Gasteiger partial charge >= 0.3 is 6.03 Å². The number of nitrogens with zero attached hydrogens (tertiary/aromatic N) is 3. The van der Waals surface area contributed by atoms with Gasteiger partial charge in [-0.05, 0) is 48.0 Å². The van der Waals surface area contributed by atoms with Gasteiger partial charge in [0.25, 0.3) is 5.91 Å². The topological polar surface area (TPSA) is 171 Å². The monoisotopic (exact) mass is 620 g/mol. The summed E-state index contributed by atoms with van der Waals surface area (Å²) in [4.78, 5) is 36.8. The zero-order chi connectivity index (χ0) is 30.2. The van der Waals surface area contributed by atoms with Gasteiger partial charge in [-0.25, -0.2) is 23.2 Å². The molecule has 6 N–H and O–H groups in total. The number of para-hydroxylation sites is 1. The van der Waals surface area contributed by atoms with Crippen LogP contribution in [0, 0.1) is 0 Å². The molecule has 3 heterocycles.